The topological polar surface area (TPSA) is 115 Å². The smallest absolute Gasteiger partial charge is 0.311 e. The second-order valence-corrected chi connectivity index (χ2v) is 3.92. The lowest BCUT2D eigenvalue weighted by Crippen LogP contribution is -1.89. The molecule has 0 bridgehead atoms. The van der Waals surface area contributed by atoms with Crippen LogP contribution in [0.25, 0.3) is 10.6 Å². The van der Waals surface area contributed by atoms with Crippen LogP contribution in [0.15, 0.2) is 18.2 Å². The summed E-state index contributed by atoms with van der Waals surface area (Å²) in [7, 11) is 0. The Balaban J connectivity index is 2.51. The number of phenolic OH excluding ortho intramolecular Hbond substituents is 1. The molecule has 0 amide bonds. The predicted molar refractivity (Wildman–Crippen MR) is 58.1 cm³/mol. The minimum absolute atomic E-state index is 0.283. The van der Waals surface area contributed by atoms with E-state index in [1.165, 1.54) is 18.2 Å². The Labute approximate surface area is 93.3 Å². The van der Waals surface area contributed by atoms with Crippen LogP contribution in [-0.4, -0.2) is 20.2 Å². The highest BCUT2D eigenvalue weighted by Crippen LogP contribution is 2.32. The van der Waals surface area contributed by atoms with E-state index in [1.54, 1.807) is 0 Å². The van der Waals surface area contributed by atoms with E-state index in [0.29, 0.717) is 10.6 Å². The summed E-state index contributed by atoms with van der Waals surface area (Å²) in [5.41, 5.74) is 5.53. The van der Waals surface area contributed by atoms with Gasteiger partial charge in [0.1, 0.15) is 5.01 Å². The number of hydrogen-bond donors (Lipinski definition) is 2. The van der Waals surface area contributed by atoms with Crippen molar-refractivity contribution >= 4 is 22.2 Å². The fourth-order valence-corrected chi connectivity index (χ4v) is 1.76. The van der Waals surface area contributed by atoms with E-state index in [0.717, 1.165) is 11.3 Å². The van der Waals surface area contributed by atoms with Crippen LogP contribution >= 0.6 is 11.3 Å². The Kier molecular flexibility index (Phi) is 2.41. The van der Waals surface area contributed by atoms with Crippen molar-refractivity contribution in [3.05, 3.63) is 28.3 Å². The monoisotopic (exact) mass is 238 g/mol. The highest BCUT2D eigenvalue weighted by molar-refractivity contribution is 7.18. The second kappa shape index (κ2) is 3.74. The molecule has 0 atom stereocenters. The number of hydrogen-bond acceptors (Lipinski definition) is 7. The van der Waals surface area contributed by atoms with Crippen molar-refractivity contribution in [1.29, 1.82) is 0 Å². The van der Waals surface area contributed by atoms with Gasteiger partial charge < -0.3 is 10.8 Å². The van der Waals surface area contributed by atoms with Gasteiger partial charge in [-0.25, -0.2) is 0 Å². The van der Waals surface area contributed by atoms with Gasteiger partial charge in [0.15, 0.2) is 5.75 Å². The van der Waals surface area contributed by atoms with E-state index in [2.05, 4.69) is 10.2 Å². The first kappa shape index (κ1) is 10.3. The molecule has 0 aliphatic carbocycles. The van der Waals surface area contributed by atoms with Gasteiger partial charge in [0.2, 0.25) is 5.13 Å². The first-order valence-electron chi connectivity index (χ1n) is 4.14. The Hall–Kier alpha value is -2.22. The zero-order valence-electron chi connectivity index (χ0n) is 7.82. The number of aromatic hydroxyl groups is 1. The molecule has 2 aromatic rings. The molecule has 1 aromatic carbocycles. The Morgan fingerprint density at radius 2 is 2.19 bits per heavy atom. The first-order valence-corrected chi connectivity index (χ1v) is 4.96. The molecule has 0 unspecified atom stereocenters. The standard InChI is InChI=1S/C8H6N4O3S/c9-8-11-10-7(16-8)4-1-2-6(13)5(3-4)12(14)15/h1-3,13H,(H2,9,11). The molecule has 0 aliphatic heterocycles. The van der Waals surface area contributed by atoms with Gasteiger partial charge in [-0.2, -0.15) is 0 Å². The van der Waals surface area contributed by atoms with Crippen molar-refractivity contribution in [2.24, 2.45) is 0 Å². The van der Waals surface area contributed by atoms with Crippen LogP contribution in [-0.2, 0) is 0 Å². The van der Waals surface area contributed by atoms with Crippen LogP contribution < -0.4 is 5.73 Å². The van der Waals surface area contributed by atoms with Gasteiger partial charge in [-0.05, 0) is 12.1 Å². The third kappa shape index (κ3) is 1.77. The van der Waals surface area contributed by atoms with Gasteiger partial charge in [-0.15, -0.1) is 10.2 Å². The molecule has 0 radical (unpaired) electrons. The molecule has 16 heavy (non-hydrogen) atoms. The SMILES string of the molecule is Nc1nnc(-c2ccc(O)c([N+](=O)[O-])c2)s1. The molecule has 7 nitrogen and oxygen atoms in total. The molecule has 0 aliphatic rings. The molecule has 0 saturated heterocycles. The quantitative estimate of drug-likeness (QED) is 0.603. The third-order valence-electron chi connectivity index (χ3n) is 1.86. The molecule has 0 fully saturated rings. The number of nitrogens with two attached hydrogens (primary N) is 1. The summed E-state index contributed by atoms with van der Waals surface area (Å²) in [6, 6.07) is 3.99. The van der Waals surface area contributed by atoms with Gasteiger partial charge in [0, 0.05) is 11.6 Å². The lowest BCUT2D eigenvalue weighted by atomic mass is 10.2. The number of benzene rings is 1. The number of nitrogen functional groups attached to an aromatic ring is 1. The highest BCUT2D eigenvalue weighted by Gasteiger charge is 2.15. The van der Waals surface area contributed by atoms with Gasteiger partial charge in [0.25, 0.3) is 0 Å². The molecule has 0 saturated carbocycles. The summed E-state index contributed by atoms with van der Waals surface area (Å²) >= 11 is 1.12. The summed E-state index contributed by atoms with van der Waals surface area (Å²) in [5, 5.41) is 28.0. The van der Waals surface area contributed by atoms with Crippen molar-refractivity contribution < 1.29 is 10.0 Å². The maximum atomic E-state index is 10.6. The zero-order valence-corrected chi connectivity index (χ0v) is 8.64. The first-order chi connectivity index (χ1) is 7.58. The number of nitro benzene ring substituents is 1. The average molecular weight is 238 g/mol. The molecule has 0 spiro atoms. The lowest BCUT2D eigenvalue weighted by Gasteiger charge is -1.98. The number of nitrogens with zero attached hydrogens (tertiary/aromatic N) is 3. The van der Waals surface area contributed by atoms with Gasteiger partial charge in [-0.3, -0.25) is 10.1 Å². The molecule has 2 rings (SSSR count). The molecule has 3 N–H and O–H groups in total. The highest BCUT2D eigenvalue weighted by atomic mass is 32.1. The fourth-order valence-electron chi connectivity index (χ4n) is 1.15. The van der Waals surface area contributed by atoms with E-state index in [9.17, 15) is 15.2 Å². The van der Waals surface area contributed by atoms with E-state index in [4.69, 9.17) is 5.73 Å². The van der Waals surface area contributed by atoms with Crippen LogP contribution in [0.2, 0.25) is 0 Å². The van der Waals surface area contributed by atoms with E-state index >= 15 is 0 Å². The van der Waals surface area contributed by atoms with Crippen molar-refractivity contribution in [3.8, 4) is 16.3 Å². The van der Waals surface area contributed by atoms with Gasteiger partial charge >= 0.3 is 5.69 Å². The van der Waals surface area contributed by atoms with Crippen LogP contribution in [0, 0.1) is 10.1 Å². The molecule has 8 heteroatoms. The number of nitro groups is 1. The molecule has 82 valence electrons. The minimum Gasteiger partial charge on any atom is -0.502 e. The van der Waals surface area contributed by atoms with Crippen molar-refractivity contribution in [2.45, 2.75) is 0 Å². The summed E-state index contributed by atoms with van der Waals surface area (Å²) < 4.78 is 0. The maximum Gasteiger partial charge on any atom is 0.311 e. The van der Waals surface area contributed by atoms with E-state index in [-0.39, 0.29) is 16.6 Å². The van der Waals surface area contributed by atoms with Gasteiger partial charge in [-0.1, -0.05) is 11.3 Å². The van der Waals surface area contributed by atoms with Crippen molar-refractivity contribution in [2.75, 3.05) is 5.73 Å². The summed E-state index contributed by atoms with van der Waals surface area (Å²) in [6.07, 6.45) is 0. The van der Waals surface area contributed by atoms with Crippen molar-refractivity contribution in [3.63, 3.8) is 0 Å². The summed E-state index contributed by atoms with van der Waals surface area (Å²) in [6.45, 7) is 0. The van der Waals surface area contributed by atoms with E-state index < -0.39 is 4.92 Å². The van der Waals surface area contributed by atoms with Crippen LogP contribution in [0.1, 0.15) is 0 Å². The lowest BCUT2D eigenvalue weighted by molar-refractivity contribution is -0.385. The fraction of sp³-hybridized carbons (Fsp3) is 0. The molecule has 1 heterocycles. The Morgan fingerprint density at radius 1 is 1.44 bits per heavy atom. The summed E-state index contributed by atoms with van der Waals surface area (Å²) in [4.78, 5) is 9.94. The Bertz CT molecular complexity index is 554. The number of rotatable bonds is 2. The average Bonchev–Trinajstić information content (AvgIpc) is 2.65. The van der Waals surface area contributed by atoms with Gasteiger partial charge in [0.05, 0.1) is 4.92 Å². The molecule has 1 aromatic heterocycles. The van der Waals surface area contributed by atoms with Crippen LogP contribution in [0.5, 0.6) is 5.75 Å². The van der Waals surface area contributed by atoms with Crippen LogP contribution in [0.3, 0.4) is 0 Å². The largest absolute Gasteiger partial charge is 0.502 e. The second-order valence-electron chi connectivity index (χ2n) is 2.91. The minimum atomic E-state index is -0.663. The summed E-state index contributed by atoms with van der Waals surface area (Å²) in [5.74, 6) is -0.383. The maximum absolute atomic E-state index is 10.6. The number of phenols is 1. The Morgan fingerprint density at radius 3 is 2.75 bits per heavy atom. The predicted octanol–water partition coefficient (Wildman–Crippen LogP) is 1.40. The van der Waals surface area contributed by atoms with Crippen molar-refractivity contribution in [1.82, 2.24) is 10.2 Å². The molecular weight excluding hydrogens is 232 g/mol. The number of aromatic nitrogens is 2. The van der Waals surface area contributed by atoms with E-state index in [1.807, 2.05) is 0 Å². The van der Waals surface area contributed by atoms with Crippen LogP contribution in [0.4, 0.5) is 10.8 Å². The third-order valence-corrected chi connectivity index (χ3v) is 2.66. The zero-order chi connectivity index (χ0) is 11.7. The normalized spacial score (nSPS) is 10.2. The number of anilines is 1. The molecular formula is C8H6N4O3S.